The number of amides is 2. The van der Waals surface area contributed by atoms with Crippen molar-refractivity contribution >= 4 is 45.6 Å². The van der Waals surface area contributed by atoms with E-state index < -0.39 is 0 Å². The molecular weight excluding hydrogens is 374 g/mol. The van der Waals surface area contributed by atoms with Crippen molar-refractivity contribution in [2.24, 2.45) is 0 Å². The molecule has 0 radical (unpaired) electrons. The van der Waals surface area contributed by atoms with Crippen LogP contribution < -0.4 is 15.4 Å². The normalized spacial score (nSPS) is 12.7. The number of fused-ring (bicyclic) bond motifs is 1. The molecule has 1 aromatic heterocycles. The molecule has 1 aliphatic heterocycles. The third kappa shape index (κ3) is 3.26. The summed E-state index contributed by atoms with van der Waals surface area (Å²) >= 11 is 7.50. The van der Waals surface area contributed by atoms with Crippen molar-refractivity contribution in [2.45, 2.75) is 0 Å². The number of thiazole rings is 1. The van der Waals surface area contributed by atoms with Gasteiger partial charge in [0.25, 0.3) is 11.8 Å². The summed E-state index contributed by atoms with van der Waals surface area (Å²) in [5, 5.41) is 8.36. The van der Waals surface area contributed by atoms with E-state index in [-0.39, 0.29) is 18.4 Å². The average Bonchev–Trinajstić information content (AvgIpc) is 3.09. The number of hydrogen-bond donors (Lipinski definition) is 2. The highest BCUT2D eigenvalue weighted by Gasteiger charge is 2.18. The molecule has 0 fully saturated rings. The lowest BCUT2D eigenvalue weighted by atomic mass is 10.1. The van der Waals surface area contributed by atoms with Crippen molar-refractivity contribution in [3.05, 3.63) is 58.4 Å². The Morgan fingerprint density at radius 3 is 2.96 bits per heavy atom. The Hall–Kier alpha value is -2.90. The number of rotatable bonds is 3. The maximum atomic E-state index is 12.5. The molecule has 2 amide bonds. The highest BCUT2D eigenvalue weighted by molar-refractivity contribution is 7.14. The highest BCUT2D eigenvalue weighted by Crippen LogP contribution is 2.31. The van der Waals surface area contributed by atoms with Crippen molar-refractivity contribution in [1.82, 2.24) is 4.98 Å². The molecule has 0 saturated carbocycles. The minimum atomic E-state index is -0.312. The van der Waals surface area contributed by atoms with Gasteiger partial charge in [-0.25, -0.2) is 4.98 Å². The number of aromatic nitrogens is 1. The summed E-state index contributed by atoms with van der Waals surface area (Å²) in [5.41, 5.74) is 2.47. The second-order valence-corrected chi connectivity index (χ2v) is 6.78. The fourth-order valence-corrected chi connectivity index (χ4v) is 3.45. The molecule has 130 valence electrons. The summed E-state index contributed by atoms with van der Waals surface area (Å²) in [7, 11) is 0. The van der Waals surface area contributed by atoms with Crippen LogP contribution in [0.2, 0.25) is 5.02 Å². The summed E-state index contributed by atoms with van der Waals surface area (Å²) in [4.78, 5) is 28.2. The van der Waals surface area contributed by atoms with Gasteiger partial charge in [-0.05, 0) is 24.3 Å². The molecule has 8 heteroatoms. The first-order valence-corrected chi connectivity index (χ1v) is 8.94. The van der Waals surface area contributed by atoms with E-state index in [0.29, 0.717) is 32.8 Å². The van der Waals surface area contributed by atoms with Crippen molar-refractivity contribution in [3.8, 4) is 17.0 Å². The molecule has 0 saturated heterocycles. The van der Waals surface area contributed by atoms with Gasteiger partial charge < -0.3 is 10.1 Å². The maximum absolute atomic E-state index is 12.5. The van der Waals surface area contributed by atoms with Gasteiger partial charge in [0.15, 0.2) is 11.7 Å². The fraction of sp³-hybridized carbons (Fsp3) is 0.0556. The van der Waals surface area contributed by atoms with E-state index in [0.717, 1.165) is 5.56 Å². The van der Waals surface area contributed by atoms with Crippen molar-refractivity contribution < 1.29 is 14.3 Å². The minimum Gasteiger partial charge on any atom is -0.482 e. The van der Waals surface area contributed by atoms with Crippen LogP contribution >= 0.6 is 22.9 Å². The number of halogens is 1. The Balaban J connectivity index is 1.52. The van der Waals surface area contributed by atoms with Gasteiger partial charge in [-0.15, -0.1) is 11.3 Å². The summed E-state index contributed by atoms with van der Waals surface area (Å²) in [6.45, 7) is -0.0637. The van der Waals surface area contributed by atoms with Gasteiger partial charge in [0, 0.05) is 21.5 Å². The molecule has 6 nitrogen and oxygen atoms in total. The molecule has 0 aliphatic carbocycles. The number of nitrogens with one attached hydrogen (secondary N) is 2. The second-order valence-electron chi connectivity index (χ2n) is 5.52. The van der Waals surface area contributed by atoms with Crippen LogP contribution in [0.4, 0.5) is 10.8 Å². The van der Waals surface area contributed by atoms with Crippen LogP contribution in [0.5, 0.6) is 5.75 Å². The zero-order valence-corrected chi connectivity index (χ0v) is 14.9. The van der Waals surface area contributed by atoms with E-state index >= 15 is 0 Å². The van der Waals surface area contributed by atoms with Gasteiger partial charge in [-0.3, -0.25) is 14.9 Å². The van der Waals surface area contributed by atoms with E-state index in [9.17, 15) is 9.59 Å². The van der Waals surface area contributed by atoms with Gasteiger partial charge in [0.2, 0.25) is 0 Å². The number of anilines is 2. The maximum Gasteiger partial charge on any atom is 0.262 e. The van der Waals surface area contributed by atoms with Crippen LogP contribution in [0.1, 0.15) is 10.4 Å². The van der Waals surface area contributed by atoms with E-state index in [1.165, 1.54) is 11.3 Å². The summed E-state index contributed by atoms with van der Waals surface area (Å²) in [6, 6.07) is 12.2. The van der Waals surface area contributed by atoms with Crippen LogP contribution in [0, 0.1) is 0 Å². The van der Waals surface area contributed by atoms with Crippen molar-refractivity contribution in [2.75, 3.05) is 17.2 Å². The third-order valence-electron chi connectivity index (χ3n) is 3.75. The molecule has 3 aromatic rings. The predicted octanol–water partition coefficient (Wildman–Crippen LogP) is 4.05. The molecule has 0 spiro atoms. The van der Waals surface area contributed by atoms with E-state index in [4.69, 9.17) is 16.3 Å². The predicted molar refractivity (Wildman–Crippen MR) is 101 cm³/mol. The van der Waals surface area contributed by atoms with Crippen LogP contribution in [-0.4, -0.2) is 23.4 Å². The Labute approximate surface area is 157 Å². The lowest BCUT2D eigenvalue weighted by Crippen LogP contribution is -2.25. The number of nitrogens with zero attached hydrogens (tertiary/aromatic N) is 1. The number of ether oxygens (including phenoxy) is 1. The Morgan fingerprint density at radius 2 is 2.12 bits per heavy atom. The number of benzene rings is 2. The topological polar surface area (TPSA) is 80.3 Å². The summed E-state index contributed by atoms with van der Waals surface area (Å²) in [5.74, 6) is -0.0638. The first-order valence-electron chi connectivity index (χ1n) is 7.68. The molecular formula is C18H12ClN3O3S. The molecule has 26 heavy (non-hydrogen) atoms. The lowest BCUT2D eigenvalue weighted by Gasteiger charge is -2.18. The zero-order chi connectivity index (χ0) is 18.1. The Bertz CT molecular complexity index is 1020. The standard InChI is InChI=1S/C18H12ClN3O3S/c19-12-4-2-1-3-11(12)14-9-26-18(21-14)22-17(24)10-5-6-13-15(7-10)25-8-16(23)20-13/h1-7,9H,8H2,(H,20,23)(H,21,22,24). The summed E-state index contributed by atoms with van der Waals surface area (Å²) < 4.78 is 5.33. The first-order chi connectivity index (χ1) is 12.6. The molecule has 0 atom stereocenters. The van der Waals surface area contributed by atoms with Crippen LogP contribution in [0.3, 0.4) is 0 Å². The molecule has 1 aliphatic rings. The van der Waals surface area contributed by atoms with Crippen molar-refractivity contribution in [3.63, 3.8) is 0 Å². The molecule has 2 heterocycles. The second kappa shape index (κ2) is 6.78. The minimum absolute atomic E-state index is 0.0637. The van der Waals surface area contributed by atoms with Gasteiger partial charge in [-0.2, -0.15) is 0 Å². The smallest absolute Gasteiger partial charge is 0.262 e. The summed E-state index contributed by atoms with van der Waals surface area (Å²) in [6.07, 6.45) is 0. The first kappa shape index (κ1) is 16.6. The van der Waals surface area contributed by atoms with Crippen LogP contribution in [0.15, 0.2) is 47.8 Å². The number of hydrogen-bond acceptors (Lipinski definition) is 5. The zero-order valence-electron chi connectivity index (χ0n) is 13.3. The van der Waals surface area contributed by atoms with E-state index in [1.807, 2.05) is 23.6 Å². The van der Waals surface area contributed by atoms with Gasteiger partial charge in [-0.1, -0.05) is 29.8 Å². The average molecular weight is 386 g/mol. The monoisotopic (exact) mass is 385 g/mol. The highest BCUT2D eigenvalue weighted by atomic mass is 35.5. The van der Waals surface area contributed by atoms with Crippen molar-refractivity contribution in [1.29, 1.82) is 0 Å². The molecule has 2 aromatic carbocycles. The lowest BCUT2D eigenvalue weighted by molar-refractivity contribution is -0.118. The molecule has 2 N–H and O–H groups in total. The molecule has 0 unspecified atom stereocenters. The quantitative estimate of drug-likeness (QED) is 0.712. The number of carbonyl (C=O) groups is 2. The fourth-order valence-electron chi connectivity index (χ4n) is 2.51. The van der Waals surface area contributed by atoms with E-state index in [1.54, 1.807) is 24.3 Å². The molecule has 4 rings (SSSR count). The largest absolute Gasteiger partial charge is 0.482 e. The van der Waals surface area contributed by atoms with E-state index in [2.05, 4.69) is 15.6 Å². The van der Waals surface area contributed by atoms with Gasteiger partial charge >= 0.3 is 0 Å². The third-order valence-corrected chi connectivity index (χ3v) is 4.84. The number of carbonyl (C=O) groups excluding carboxylic acids is 2. The van der Waals surface area contributed by atoms with Gasteiger partial charge in [0.1, 0.15) is 5.75 Å². The van der Waals surface area contributed by atoms with Crippen LogP contribution in [0.25, 0.3) is 11.3 Å². The molecule has 0 bridgehead atoms. The Kier molecular flexibility index (Phi) is 4.32. The Morgan fingerprint density at radius 1 is 1.27 bits per heavy atom. The SMILES string of the molecule is O=C1COc2cc(C(=O)Nc3nc(-c4ccccc4Cl)cs3)ccc2N1. The van der Waals surface area contributed by atoms with Crippen LogP contribution in [-0.2, 0) is 4.79 Å². The van der Waals surface area contributed by atoms with Gasteiger partial charge in [0.05, 0.1) is 11.4 Å².